The van der Waals surface area contributed by atoms with Gasteiger partial charge in [0.2, 0.25) is 8.32 Å². The van der Waals surface area contributed by atoms with Gasteiger partial charge in [0.25, 0.3) is 0 Å². The summed E-state index contributed by atoms with van der Waals surface area (Å²) in [5, 5.41) is 0. The minimum Gasteiger partial charge on any atom is -0.544 e. The molecule has 0 unspecified atom stereocenters. The first-order valence-electron chi connectivity index (χ1n) is 6.35. The molecule has 0 atom stereocenters. The maximum atomic E-state index is 6.14. The van der Waals surface area contributed by atoms with Crippen molar-refractivity contribution in [3.8, 4) is 0 Å². The van der Waals surface area contributed by atoms with Crippen molar-refractivity contribution in [3.63, 3.8) is 0 Å². The Hall–Kier alpha value is -0.503. The van der Waals surface area contributed by atoms with Gasteiger partial charge in [-0.3, -0.25) is 0 Å². The van der Waals surface area contributed by atoms with Crippen LogP contribution < -0.4 is 0 Å². The van der Waals surface area contributed by atoms with Gasteiger partial charge in [-0.05, 0) is 29.6 Å². The average Bonchev–Trinajstić information content (AvgIpc) is 2.22. The Bertz CT molecular complexity index is 236. The van der Waals surface area contributed by atoms with E-state index in [4.69, 9.17) is 4.43 Å². The molecular formula is C14H28OSi. The van der Waals surface area contributed by atoms with Gasteiger partial charge in [-0.1, -0.05) is 54.2 Å². The SMILES string of the molecule is C=C(/C=C/C(C)(C)C)O[Si](CC)(CC)CC. The van der Waals surface area contributed by atoms with Gasteiger partial charge in [0.05, 0.1) is 5.76 Å². The van der Waals surface area contributed by atoms with Crippen molar-refractivity contribution in [1.82, 2.24) is 0 Å². The molecule has 0 aromatic rings. The van der Waals surface area contributed by atoms with Crippen LogP contribution in [0.15, 0.2) is 24.5 Å². The molecule has 0 radical (unpaired) electrons. The monoisotopic (exact) mass is 240 g/mol. The second kappa shape index (κ2) is 6.29. The van der Waals surface area contributed by atoms with Gasteiger partial charge in [0.15, 0.2) is 0 Å². The molecule has 94 valence electrons. The van der Waals surface area contributed by atoms with E-state index >= 15 is 0 Å². The number of hydrogen-bond donors (Lipinski definition) is 0. The molecule has 0 saturated heterocycles. The average molecular weight is 240 g/mol. The third kappa shape index (κ3) is 5.55. The molecule has 1 nitrogen and oxygen atoms in total. The highest BCUT2D eigenvalue weighted by Gasteiger charge is 2.30. The highest BCUT2D eigenvalue weighted by atomic mass is 28.4. The summed E-state index contributed by atoms with van der Waals surface area (Å²) in [7, 11) is -1.53. The van der Waals surface area contributed by atoms with Crippen molar-refractivity contribution >= 4 is 8.32 Å². The van der Waals surface area contributed by atoms with Crippen LogP contribution in [-0.2, 0) is 4.43 Å². The zero-order valence-corrected chi connectivity index (χ0v) is 12.9. The Balaban J connectivity index is 4.49. The van der Waals surface area contributed by atoms with Crippen LogP contribution in [0, 0.1) is 5.41 Å². The van der Waals surface area contributed by atoms with Crippen LogP contribution in [-0.4, -0.2) is 8.32 Å². The van der Waals surface area contributed by atoms with Crippen molar-refractivity contribution in [1.29, 1.82) is 0 Å². The van der Waals surface area contributed by atoms with E-state index in [0.717, 1.165) is 5.76 Å². The van der Waals surface area contributed by atoms with E-state index in [-0.39, 0.29) is 5.41 Å². The second-order valence-electron chi connectivity index (χ2n) is 5.51. The van der Waals surface area contributed by atoms with Crippen LogP contribution in [0.1, 0.15) is 41.5 Å². The molecule has 0 aromatic carbocycles. The largest absolute Gasteiger partial charge is 0.544 e. The van der Waals surface area contributed by atoms with Gasteiger partial charge < -0.3 is 4.43 Å². The molecule has 0 fully saturated rings. The maximum absolute atomic E-state index is 6.14. The summed E-state index contributed by atoms with van der Waals surface area (Å²) < 4.78 is 6.14. The third-order valence-corrected chi connectivity index (χ3v) is 7.61. The molecule has 0 bridgehead atoms. The molecule has 0 aliphatic rings. The fourth-order valence-electron chi connectivity index (χ4n) is 1.62. The fourth-order valence-corrected chi connectivity index (χ4v) is 4.18. The molecule has 0 aliphatic carbocycles. The molecule has 0 spiro atoms. The van der Waals surface area contributed by atoms with Crippen LogP contribution in [0.3, 0.4) is 0 Å². The van der Waals surface area contributed by atoms with Gasteiger partial charge in [-0.25, -0.2) is 0 Å². The summed E-state index contributed by atoms with van der Waals surface area (Å²) in [6.45, 7) is 17.3. The Morgan fingerprint density at radius 2 is 1.56 bits per heavy atom. The summed E-state index contributed by atoms with van der Waals surface area (Å²) in [4.78, 5) is 0. The highest BCUT2D eigenvalue weighted by molar-refractivity contribution is 6.73. The lowest BCUT2D eigenvalue weighted by molar-refractivity contribution is 0.422. The zero-order valence-electron chi connectivity index (χ0n) is 11.9. The Morgan fingerprint density at radius 1 is 1.12 bits per heavy atom. The van der Waals surface area contributed by atoms with E-state index in [1.807, 2.05) is 6.08 Å². The summed E-state index contributed by atoms with van der Waals surface area (Å²) in [6.07, 6.45) is 4.19. The van der Waals surface area contributed by atoms with Crippen LogP contribution in [0.25, 0.3) is 0 Å². The van der Waals surface area contributed by atoms with E-state index in [2.05, 4.69) is 54.2 Å². The van der Waals surface area contributed by atoms with Crippen LogP contribution in [0.5, 0.6) is 0 Å². The Morgan fingerprint density at radius 3 is 1.88 bits per heavy atom. The standard InChI is InChI=1S/C14H28OSi/c1-8-16(9-2,10-3)15-13(4)11-12-14(5,6)7/h11-12H,4,8-10H2,1-3,5-7H3/b12-11+. The Kier molecular flexibility index (Phi) is 6.09. The number of hydrogen-bond acceptors (Lipinski definition) is 1. The van der Waals surface area contributed by atoms with E-state index in [0.29, 0.717) is 0 Å². The molecular weight excluding hydrogens is 212 g/mol. The molecule has 0 aromatic heterocycles. The third-order valence-electron chi connectivity index (χ3n) is 3.05. The van der Waals surface area contributed by atoms with Crippen LogP contribution in [0.2, 0.25) is 18.1 Å². The summed E-state index contributed by atoms with van der Waals surface area (Å²) in [6, 6.07) is 3.51. The van der Waals surface area contributed by atoms with Crippen molar-refractivity contribution < 1.29 is 4.43 Å². The fraction of sp³-hybridized carbons (Fsp3) is 0.714. The van der Waals surface area contributed by atoms with Gasteiger partial charge in [0, 0.05) is 0 Å². The lowest BCUT2D eigenvalue weighted by Gasteiger charge is -2.29. The zero-order chi connectivity index (χ0) is 12.8. The smallest absolute Gasteiger partial charge is 0.250 e. The molecule has 0 N–H and O–H groups in total. The molecule has 0 rings (SSSR count). The maximum Gasteiger partial charge on any atom is 0.250 e. The van der Waals surface area contributed by atoms with Crippen molar-refractivity contribution in [2.45, 2.75) is 59.7 Å². The predicted molar refractivity (Wildman–Crippen MR) is 76.0 cm³/mol. The minimum atomic E-state index is -1.53. The first-order valence-corrected chi connectivity index (χ1v) is 8.88. The summed E-state index contributed by atoms with van der Waals surface area (Å²) in [5.41, 5.74) is 0.196. The van der Waals surface area contributed by atoms with Crippen molar-refractivity contribution in [2.75, 3.05) is 0 Å². The minimum absolute atomic E-state index is 0.196. The van der Waals surface area contributed by atoms with Crippen molar-refractivity contribution in [2.24, 2.45) is 5.41 Å². The molecule has 2 heteroatoms. The van der Waals surface area contributed by atoms with E-state index in [1.54, 1.807) is 0 Å². The molecule has 0 amide bonds. The number of rotatable bonds is 6. The van der Waals surface area contributed by atoms with E-state index < -0.39 is 8.32 Å². The van der Waals surface area contributed by atoms with Gasteiger partial charge in [-0.2, -0.15) is 0 Å². The lowest BCUT2D eigenvalue weighted by atomic mass is 9.96. The molecule has 0 aliphatic heterocycles. The van der Waals surface area contributed by atoms with E-state index in [9.17, 15) is 0 Å². The van der Waals surface area contributed by atoms with Crippen molar-refractivity contribution in [3.05, 3.63) is 24.5 Å². The Labute approximate surface area is 103 Å². The van der Waals surface area contributed by atoms with Gasteiger partial charge in [-0.15, -0.1) is 0 Å². The second-order valence-corrected chi connectivity index (χ2v) is 10.2. The molecule has 0 heterocycles. The predicted octanol–water partition coefficient (Wildman–Crippen LogP) is 5.12. The normalized spacial score (nSPS) is 13.1. The molecule has 16 heavy (non-hydrogen) atoms. The van der Waals surface area contributed by atoms with Gasteiger partial charge >= 0.3 is 0 Å². The summed E-state index contributed by atoms with van der Waals surface area (Å²) >= 11 is 0. The topological polar surface area (TPSA) is 9.23 Å². The number of allylic oxidation sites excluding steroid dienone is 2. The lowest BCUT2D eigenvalue weighted by Crippen LogP contribution is -2.34. The summed E-state index contributed by atoms with van der Waals surface area (Å²) in [5.74, 6) is 0.840. The molecule has 0 saturated carbocycles. The van der Waals surface area contributed by atoms with Gasteiger partial charge in [0.1, 0.15) is 0 Å². The van der Waals surface area contributed by atoms with E-state index in [1.165, 1.54) is 18.1 Å². The van der Waals surface area contributed by atoms with Crippen LogP contribution in [0.4, 0.5) is 0 Å². The highest BCUT2D eigenvalue weighted by Crippen LogP contribution is 2.25. The first kappa shape index (κ1) is 15.5. The first-order chi connectivity index (χ1) is 7.28. The quantitative estimate of drug-likeness (QED) is 0.355. The van der Waals surface area contributed by atoms with Crippen LogP contribution >= 0.6 is 0 Å².